The van der Waals surface area contributed by atoms with Gasteiger partial charge in [-0.1, -0.05) is 24.3 Å². The van der Waals surface area contributed by atoms with Crippen LogP contribution in [0.2, 0.25) is 0 Å². The van der Waals surface area contributed by atoms with Gasteiger partial charge in [0.1, 0.15) is 0 Å². The summed E-state index contributed by atoms with van der Waals surface area (Å²) in [6, 6.07) is 16.6. The van der Waals surface area contributed by atoms with Crippen LogP contribution in [0.15, 0.2) is 54.6 Å². The monoisotopic (exact) mass is 326 g/mol. The van der Waals surface area contributed by atoms with Crippen molar-refractivity contribution in [2.24, 2.45) is 0 Å². The molecule has 0 aliphatic heterocycles. The molecule has 1 amide bonds. The number of rotatable bonds is 7. The maximum Gasteiger partial charge on any atom is 0.337 e. The Kier molecular flexibility index (Phi) is 6.37. The molecule has 2 rings (SSSR count). The number of carbonyl (C=O) groups excluding carboxylic acids is 2. The molecule has 0 saturated carbocycles. The van der Waals surface area contributed by atoms with Gasteiger partial charge in [-0.25, -0.2) is 4.79 Å². The first-order valence-corrected chi connectivity index (χ1v) is 7.93. The van der Waals surface area contributed by atoms with E-state index in [0.717, 1.165) is 11.4 Å². The van der Waals surface area contributed by atoms with Crippen molar-refractivity contribution in [1.29, 1.82) is 0 Å². The number of amides is 1. The van der Waals surface area contributed by atoms with Crippen LogP contribution in [-0.4, -0.2) is 32.1 Å². The van der Waals surface area contributed by atoms with Gasteiger partial charge in [-0.15, -0.1) is 0 Å². The van der Waals surface area contributed by atoms with Crippen LogP contribution in [0, 0.1) is 0 Å². The molecule has 126 valence electrons. The number of hydrogen-bond donors (Lipinski definition) is 1. The van der Waals surface area contributed by atoms with Crippen LogP contribution >= 0.6 is 0 Å². The van der Waals surface area contributed by atoms with Crippen LogP contribution in [0.1, 0.15) is 23.7 Å². The largest absolute Gasteiger partial charge is 0.465 e. The van der Waals surface area contributed by atoms with Crippen LogP contribution in [-0.2, 0) is 9.53 Å². The second kappa shape index (κ2) is 8.72. The number of carbonyl (C=O) groups is 2. The summed E-state index contributed by atoms with van der Waals surface area (Å²) in [7, 11) is 1.35. The number of nitrogens with zero attached hydrogens (tertiary/aromatic N) is 1. The molecule has 0 unspecified atom stereocenters. The maximum atomic E-state index is 12.4. The number of benzene rings is 2. The smallest absolute Gasteiger partial charge is 0.337 e. The molecule has 2 aromatic rings. The Balaban J connectivity index is 1.91. The van der Waals surface area contributed by atoms with Crippen LogP contribution in [0.3, 0.4) is 0 Å². The summed E-state index contributed by atoms with van der Waals surface area (Å²) in [5.74, 6) is -0.323. The van der Waals surface area contributed by atoms with Crippen molar-refractivity contribution in [2.75, 3.05) is 30.4 Å². The molecule has 1 N–H and O–H groups in total. The molecule has 0 bridgehead atoms. The Morgan fingerprint density at radius 1 is 1.08 bits per heavy atom. The van der Waals surface area contributed by atoms with Crippen LogP contribution in [0.4, 0.5) is 11.4 Å². The summed E-state index contributed by atoms with van der Waals surface area (Å²) in [4.78, 5) is 25.7. The fraction of sp³-hybridized carbons (Fsp3) is 0.263. The average molecular weight is 326 g/mol. The first kappa shape index (κ1) is 17.5. The van der Waals surface area contributed by atoms with E-state index in [0.29, 0.717) is 25.1 Å². The second-order valence-corrected chi connectivity index (χ2v) is 5.22. The zero-order valence-electron chi connectivity index (χ0n) is 14.0. The number of anilines is 2. The zero-order chi connectivity index (χ0) is 17.4. The van der Waals surface area contributed by atoms with Crippen molar-refractivity contribution in [3.8, 4) is 0 Å². The maximum absolute atomic E-state index is 12.4. The fourth-order valence-corrected chi connectivity index (χ4v) is 2.43. The normalized spacial score (nSPS) is 10.1. The predicted octanol–water partition coefficient (Wildman–Crippen LogP) is 3.33. The summed E-state index contributed by atoms with van der Waals surface area (Å²) >= 11 is 0. The third-order valence-electron chi connectivity index (χ3n) is 3.64. The molecule has 0 saturated heterocycles. The Morgan fingerprint density at radius 2 is 1.83 bits per heavy atom. The number of esters is 1. The first-order valence-electron chi connectivity index (χ1n) is 7.93. The standard InChI is InChI=1S/C19H22N2O3/c1-3-21(17-10-5-4-6-11-17)18(22)12-13-20-16-9-7-8-15(14-16)19(23)24-2/h4-11,14,20H,3,12-13H2,1-2H3. The lowest BCUT2D eigenvalue weighted by atomic mass is 10.2. The van der Waals surface area contributed by atoms with Gasteiger partial charge in [0.2, 0.25) is 5.91 Å². The van der Waals surface area contributed by atoms with E-state index in [2.05, 4.69) is 5.32 Å². The molecule has 5 nitrogen and oxygen atoms in total. The van der Waals surface area contributed by atoms with Crippen molar-refractivity contribution in [2.45, 2.75) is 13.3 Å². The van der Waals surface area contributed by atoms with Crippen molar-refractivity contribution < 1.29 is 14.3 Å². The minimum atomic E-state index is -0.379. The molecular weight excluding hydrogens is 304 g/mol. The third kappa shape index (κ3) is 4.59. The number of nitrogens with one attached hydrogen (secondary N) is 1. The van der Waals surface area contributed by atoms with Crippen molar-refractivity contribution >= 4 is 23.3 Å². The molecule has 0 heterocycles. The van der Waals surface area contributed by atoms with E-state index < -0.39 is 0 Å². The van der Waals surface area contributed by atoms with Gasteiger partial charge in [-0.05, 0) is 37.3 Å². The van der Waals surface area contributed by atoms with Crippen LogP contribution < -0.4 is 10.2 Å². The van der Waals surface area contributed by atoms with E-state index in [1.807, 2.05) is 43.3 Å². The first-order chi connectivity index (χ1) is 11.7. The van der Waals surface area contributed by atoms with Gasteiger partial charge in [0.05, 0.1) is 12.7 Å². The third-order valence-corrected chi connectivity index (χ3v) is 3.64. The van der Waals surface area contributed by atoms with Gasteiger partial charge in [-0.2, -0.15) is 0 Å². The molecule has 0 aliphatic rings. The highest BCUT2D eigenvalue weighted by atomic mass is 16.5. The summed E-state index contributed by atoms with van der Waals surface area (Å²) in [6.45, 7) is 3.08. The molecule has 0 radical (unpaired) electrons. The van der Waals surface area contributed by atoms with Gasteiger partial charge in [0.15, 0.2) is 0 Å². The van der Waals surface area contributed by atoms with E-state index in [9.17, 15) is 9.59 Å². The molecule has 0 aromatic heterocycles. The van der Waals surface area contributed by atoms with Crippen molar-refractivity contribution in [3.63, 3.8) is 0 Å². The lowest BCUT2D eigenvalue weighted by Crippen LogP contribution is -2.31. The van der Waals surface area contributed by atoms with E-state index in [-0.39, 0.29) is 11.9 Å². The highest BCUT2D eigenvalue weighted by molar-refractivity contribution is 5.93. The van der Waals surface area contributed by atoms with Gasteiger partial charge >= 0.3 is 5.97 Å². The van der Waals surface area contributed by atoms with E-state index in [4.69, 9.17) is 4.74 Å². The summed E-state index contributed by atoms with van der Waals surface area (Å²) in [5, 5.41) is 3.17. The lowest BCUT2D eigenvalue weighted by molar-refractivity contribution is -0.118. The van der Waals surface area contributed by atoms with E-state index >= 15 is 0 Å². The summed E-state index contributed by atoms with van der Waals surface area (Å²) in [6.07, 6.45) is 0.366. The van der Waals surface area contributed by atoms with Crippen LogP contribution in [0.25, 0.3) is 0 Å². The molecule has 0 aliphatic carbocycles. The zero-order valence-corrected chi connectivity index (χ0v) is 14.0. The summed E-state index contributed by atoms with van der Waals surface area (Å²) < 4.78 is 4.70. The Bertz CT molecular complexity index is 686. The molecular formula is C19H22N2O3. The molecule has 0 spiro atoms. The minimum absolute atomic E-state index is 0.0559. The number of para-hydroxylation sites is 1. The van der Waals surface area contributed by atoms with Crippen LogP contribution in [0.5, 0.6) is 0 Å². The number of hydrogen-bond acceptors (Lipinski definition) is 4. The Hall–Kier alpha value is -2.82. The van der Waals surface area contributed by atoms with E-state index in [1.165, 1.54) is 7.11 Å². The predicted molar refractivity (Wildman–Crippen MR) is 95.4 cm³/mol. The highest BCUT2D eigenvalue weighted by Gasteiger charge is 2.13. The minimum Gasteiger partial charge on any atom is -0.465 e. The molecule has 0 fully saturated rings. The topological polar surface area (TPSA) is 58.6 Å². The second-order valence-electron chi connectivity index (χ2n) is 5.22. The SMILES string of the molecule is CCN(C(=O)CCNc1cccc(C(=O)OC)c1)c1ccccc1. The average Bonchev–Trinajstić information content (AvgIpc) is 2.63. The van der Waals surface area contributed by atoms with Gasteiger partial charge in [-0.3, -0.25) is 4.79 Å². The lowest BCUT2D eigenvalue weighted by Gasteiger charge is -2.21. The highest BCUT2D eigenvalue weighted by Crippen LogP contribution is 2.15. The fourth-order valence-electron chi connectivity index (χ4n) is 2.43. The molecule has 24 heavy (non-hydrogen) atoms. The molecule has 2 aromatic carbocycles. The Morgan fingerprint density at radius 3 is 2.50 bits per heavy atom. The van der Waals surface area contributed by atoms with E-state index in [1.54, 1.807) is 23.1 Å². The van der Waals surface area contributed by atoms with Gasteiger partial charge in [0.25, 0.3) is 0 Å². The molecule has 0 atom stereocenters. The van der Waals surface area contributed by atoms with Gasteiger partial charge in [0, 0.05) is 30.9 Å². The van der Waals surface area contributed by atoms with Crippen molar-refractivity contribution in [3.05, 3.63) is 60.2 Å². The summed E-state index contributed by atoms with van der Waals surface area (Å²) in [5.41, 5.74) is 2.17. The number of methoxy groups -OCH3 is 1. The van der Waals surface area contributed by atoms with Crippen molar-refractivity contribution in [1.82, 2.24) is 0 Å². The Labute approximate surface area is 142 Å². The number of ether oxygens (including phenoxy) is 1. The quantitative estimate of drug-likeness (QED) is 0.793. The van der Waals surface area contributed by atoms with Gasteiger partial charge < -0.3 is 15.0 Å². The molecule has 5 heteroatoms.